The summed E-state index contributed by atoms with van der Waals surface area (Å²) in [6, 6.07) is 6.46. The van der Waals surface area contributed by atoms with Gasteiger partial charge in [-0.3, -0.25) is 15.1 Å². The minimum atomic E-state index is -0.594. The van der Waals surface area contributed by atoms with E-state index in [1.54, 1.807) is 18.2 Å². The van der Waals surface area contributed by atoms with Gasteiger partial charge < -0.3 is 10.9 Å². The maximum absolute atomic E-state index is 11.1. The van der Waals surface area contributed by atoms with Crippen LogP contribution in [0, 0.1) is 10.1 Å². The van der Waals surface area contributed by atoms with E-state index in [-0.39, 0.29) is 11.5 Å². The number of aromatic nitrogens is 1. The fourth-order valence-electron chi connectivity index (χ4n) is 2.57. The van der Waals surface area contributed by atoms with Crippen LogP contribution in [0.5, 0.6) is 0 Å². The monoisotopic (exact) mass is 272 g/mol. The third kappa shape index (κ3) is 1.59. The van der Waals surface area contributed by atoms with Crippen molar-refractivity contribution in [3.63, 3.8) is 0 Å². The second-order valence-electron chi connectivity index (χ2n) is 4.86. The first-order valence-corrected chi connectivity index (χ1v) is 6.11. The Morgan fingerprint density at radius 1 is 1.40 bits per heavy atom. The van der Waals surface area contributed by atoms with Crippen LogP contribution in [0.1, 0.15) is 18.5 Å². The summed E-state index contributed by atoms with van der Waals surface area (Å²) in [6.45, 7) is 0. The van der Waals surface area contributed by atoms with Crippen LogP contribution >= 0.6 is 0 Å². The number of amidine groups is 1. The van der Waals surface area contributed by atoms with Crippen molar-refractivity contribution in [2.45, 2.75) is 18.3 Å². The Morgan fingerprint density at radius 3 is 2.75 bits per heavy atom. The van der Waals surface area contributed by atoms with E-state index < -0.39 is 10.3 Å². The molecule has 1 aromatic carbocycles. The summed E-state index contributed by atoms with van der Waals surface area (Å²) in [5.41, 5.74) is 5.83. The zero-order valence-corrected chi connectivity index (χ0v) is 10.5. The van der Waals surface area contributed by atoms with Crippen LogP contribution in [0.15, 0.2) is 35.6 Å². The van der Waals surface area contributed by atoms with Gasteiger partial charge in [0.1, 0.15) is 0 Å². The molecule has 0 radical (unpaired) electrons. The number of benzene rings is 1. The van der Waals surface area contributed by atoms with Crippen molar-refractivity contribution in [3.8, 4) is 0 Å². The molecule has 0 atom stereocenters. The first kappa shape index (κ1) is 12.3. The van der Waals surface area contributed by atoms with Crippen LogP contribution in [0.25, 0.3) is 10.8 Å². The molecule has 102 valence electrons. The molecule has 20 heavy (non-hydrogen) atoms. The molecule has 1 fully saturated rings. The Labute approximate surface area is 113 Å². The molecule has 7 nitrogen and oxygen atoms in total. The Morgan fingerprint density at radius 2 is 2.15 bits per heavy atom. The lowest BCUT2D eigenvalue weighted by Gasteiger charge is -2.15. The van der Waals surface area contributed by atoms with Crippen molar-refractivity contribution >= 4 is 22.3 Å². The predicted molar refractivity (Wildman–Crippen MR) is 72.7 cm³/mol. The number of pyridine rings is 1. The average molecular weight is 272 g/mol. The number of nitro benzene ring substituents is 1. The number of hydrogen-bond acceptors (Lipinski definition) is 5. The Hall–Kier alpha value is -2.70. The van der Waals surface area contributed by atoms with Crippen molar-refractivity contribution < 1.29 is 10.1 Å². The van der Waals surface area contributed by atoms with Gasteiger partial charge in [0.05, 0.1) is 21.4 Å². The van der Waals surface area contributed by atoms with Gasteiger partial charge >= 0.3 is 0 Å². The van der Waals surface area contributed by atoms with E-state index in [9.17, 15) is 10.1 Å². The van der Waals surface area contributed by atoms with Gasteiger partial charge in [0.25, 0.3) is 5.69 Å². The summed E-state index contributed by atoms with van der Waals surface area (Å²) in [7, 11) is 0. The molecular weight excluding hydrogens is 260 g/mol. The lowest BCUT2D eigenvalue weighted by molar-refractivity contribution is -0.383. The number of fused-ring (bicyclic) bond motifs is 1. The van der Waals surface area contributed by atoms with Gasteiger partial charge in [-0.15, -0.1) is 0 Å². The lowest BCUT2D eigenvalue weighted by atomic mass is 9.95. The largest absolute Gasteiger partial charge is 0.409 e. The summed E-state index contributed by atoms with van der Waals surface area (Å²) >= 11 is 0. The summed E-state index contributed by atoms with van der Waals surface area (Å²) in [5.74, 6) is 0.101. The molecule has 0 amide bonds. The number of nitrogens with two attached hydrogens (primary N) is 1. The third-order valence-corrected chi connectivity index (χ3v) is 3.78. The third-order valence-electron chi connectivity index (χ3n) is 3.78. The SMILES string of the molecule is N/C(=N/O)C1(c2nccc3c([N+](=O)[O-])cccc23)CC1. The van der Waals surface area contributed by atoms with Crippen LogP contribution in [0.3, 0.4) is 0 Å². The first-order chi connectivity index (χ1) is 9.60. The quantitative estimate of drug-likeness (QED) is 0.291. The fourth-order valence-corrected chi connectivity index (χ4v) is 2.57. The van der Waals surface area contributed by atoms with Crippen molar-refractivity contribution in [3.05, 3.63) is 46.3 Å². The minimum absolute atomic E-state index is 0.0291. The van der Waals surface area contributed by atoms with Gasteiger partial charge in [-0.1, -0.05) is 17.3 Å². The van der Waals surface area contributed by atoms with Gasteiger partial charge in [0, 0.05) is 17.6 Å². The molecule has 1 aliphatic rings. The molecule has 0 unspecified atom stereocenters. The second kappa shape index (κ2) is 4.16. The summed E-state index contributed by atoms with van der Waals surface area (Å²) in [6.07, 6.45) is 2.96. The maximum atomic E-state index is 11.1. The smallest absolute Gasteiger partial charge is 0.277 e. The van der Waals surface area contributed by atoms with Crippen molar-refractivity contribution in [2.24, 2.45) is 10.9 Å². The average Bonchev–Trinajstić information content (AvgIpc) is 3.26. The summed E-state index contributed by atoms with van der Waals surface area (Å²) in [5, 5.41) is 24.3. The molecule has 1 saturated carbocycles. The topological polar surface area (TPSA) is 115 Å². The van der Waals surface area contributed by atoms with E-state index in [0.29, 0.717) is 16.5 Å². The van der Waals surface area contributed by atoms with Gasteiger partial charge in [0.15, 0.2) is 5.84 Å². The maximum Gasteiger partial charge on any atom is 0.277 e. The Kier molecular flexibility index (Phi) is 2.56. The van der Waals surface area contributed by atoms with Crippen molar-refractivity contribution in [2.75, 3.05) is 0 Å². The number of rotatable bonds is 3. The molecule has 1 heterocycles. The first-order valence-electron chi connectivity index (χ1n) is 6.11. The highest BCUT2D eigenvalue weighted by Crippen LogP contribution is 2.50. The zero-order chi connectivity index (χ0) is 14.3. The van der Waals surface area contributed by atoms with E-state index in [1.807, 2.05) is 0 Å². The van der Waals surface area contributed by atoms with E-state index in [1.165, 1.54) is 12.3 Å². The molecule has 3 rings (SSSR count). The predicted octanol–water partition coefficient (Wildman–Crippen LogP) is 1.92. The highest BCUT2D eigenvalue weighted by atomic mass is 16.6. The van der Waals surface area contributed by atoms with Gasteiger partial charge in [-0.2, -0.15) is 0 Å². The molecule has 2 aromatic rings. The van der Waals surface area contributed by atoms with Crippen molar-refractivity contribution in [1.82, 2.24) is 4.98 Å². The Balaban J connectivity index is 2.29. The lowest BCUT2D eigenvalue weighted by Crippen LogP contribution is -2.30. The molecule has 0 bridgehead atoms. The number of hydrogen-bond donors (Lipinski definition) is 2. The van der Waals surface area contributed by atoms with E-state index in [0.717, 1.165) is 12.8 Å². The van der Waals surface area contributed by atoms with Crippen LogP contribution in [-0.4, -0.2) is 21.0 Å². The number of non-ortho nitro benzene ring substituents is 1. The Bertz CT molecular complexity index is 737. The molecular formula is C13H12N4O3. The summed E-state index contributed by atoms with van der Waals surface area (Å²) < 4.78 is 0. The summed E-state index contributed by atoms with van der Waals surface area (Å²) in [4.78, 5) is 15.0. The van der Waals surface area contributed by atoms with E-state index in [2.05, 4.69) is 10.1 Å². The molecule has 0 spiro atoms. The number of oxime groups is 1. The highest BCUT2D eigenvalue weighted by molar-refractivity contribution is 6.00. The van der Waals surface area contributed by atoms with E-state index in [4.69, 9.17) is 10.9 Å². The van der Waals surface area contributed by atoms with Crippen LogP contribution in [0.4, 0.5) is 5.69 Å². The fraction of sp³-hybridized carbons (Fsp3) is 0.231. The second-order valence-corrected chi connectivity index (χ2v) is 4.86. The molecule has 7 heteroatoms. The number of nitro groups is 1. The molecule has 3 N–H and O–H groups in total. The van der Waals surface area contributed by atoms with E-state index >= 15 is 0 Å². The normalized spacial score (nSPS) is 17.1. The number of nitrogens with zero attached hydrogens (tertiary/aromatic N) is 3. The van der Waals surface area contributed by atoms with Crippen LogP contribution in [-0.2, 0) is 5.41 Å². The molecule has 1 aromatic heterocycles. The van der Waals surface area contributed by atoms with Gasteiger partial charge in [0.2, 0.25) is 0 Å². The van der Waals surface area contributed by atoms with Gasteiger partial charge in [-0.05, 0) is 18.9 Å². The molecule has 0 saturated heterocycles. The van der Waals surface area contributed by atoms with Crippen molar-refractivity contribution in [1.29, 1.82) is 0 Å². The van der Waals surface area contributed by atoms with Crippen LogP contribution < -0.4 is 5.73 Å². The van der Waals surface area contributed by atoms with Crippen LogP contribution in [0.2, 0.25) is 0 Å². The molecule has 1 aliphatic carbocycles. The molecule has 0 aliphatic heterocycles. The standard InChI is InChI=1S/C13H12N4O3/c14-12(16-18)13(5-6-13)11-9-2-1-3-10(17(19)20)8(9)4-7-15-11/h1-4,7,18H,5-6H2,(H2,14,16). The van der Waals surface area contributed by atoms with Gasteiger partial charge in [-0.25, -0.2) is 0 Å². The zero-order valence-electron chi connectivity index (χ0n) is 10.5. The highest BCUT2D eigenvalue weighted by Gasteiger charge is 2.51. The minimum Gasteiger partial charge on any atom is -0.409 e.